The number of nitrogen functional groups attached to an aromatic ring is 1. The van der Waals surface area contributed by atoms with Gasteiger partial charge in [0.15, 0.2) is 0 Å². The van der Waals surface area contributed by atoms with Gasteiger partial charge in [0.1, 0.15) is 17.3 Å². The van der Waals surface area contributed by atoms with Gasteiger partial charge in [0.25, 0.3) is 11.6 Å². The number of rotatable bonds is 5. The number of nitro groups is 1. The number of hydrogen-bond acceptors (Lipinski definition) is 6. The second kappa shape index (κ2) is 7.81. The summed E-state index contributed by atoms with van der Waals surface area (Å²) in [5.41, 5.74) is 6.00. The molecule has 0 spiro atoms. The Morgan fingerprint density at radius 3 is 2.68 bits per heavy atom. The van der Waals surface area contributed by atoms with Gasteiger partial charge in [-0.05, 0) is 24.3 Å². The van der Waals surface area contributed by atoms with Crippen LogP contribution in [-0.2, 0) is 4.79 Å². The molecule has 0 saturated carbocycles. The molecule has 0 heterocycles. The minimum atomic E-state index is -0.700. The monoisotopic (exact) mass is 357 g/mol. The first-order valence-electron chi connectivity index (χ1n) is 6.89. The Morgan fingerprint density at radius 2 is 2.04 bits per heavy atom. The molecule has 0 fully saturated rings. The number of nitrogens with one attached hydrogen (secondary N) is 2. The lowest BCUT2D eigenvalue weighted by molar-refractivity contribution is -0.383. The number of carbonyl (C=O) groups excluding carboxylic acids is 1. The van der Waals surface area contributed by atoms with Gasteiger partial charge >= 0.3 is 0 Å². The number of benzene rings is 2. The highest BCUT2D eigenvalue weighted by molar-refractivity contribution is 6.33. The normalized spacial score (nSPS) is 10.6. The van der Waals surface area contributed by atoms with Crippen LogP contribution in [-0.4, -0.2) is 10.8 Å². The summed E-state index contributed by atoms with van der Waals surface area (Å²) in [6.45, 7) is 0. The van der Waals surface area contributed by atoms with Gasteiger partial charge in [-0.3, -0.25) is 14.9 Å². The van der Waals surface area contributed by atoms with E-state index in [-0.39, 0.29) is 22.0 Å². The molecule has 2 aromatic carbocycles. The van der Waals surface area contributed by atoms with Crippen molar-refractivity contribution in [2.45, 2.75) is 0 Å². The van der Waals surface area contributed by atoms with Crippen LogP contribution in [0.15, 0.2) is 54.2 Å². The fourth-order valence-electron chi connectivity index (χ4n) is 1.86. The van der Waals surface area contributed by atoms with Gasteiger partial charge in [-0.25, -0.2) is 0 Å². The van der Waals surface area contributed by atoms with Gasteiger partial charge in [0, 0.05) is 18.0 Å². The fourth-order valence-corrected chi connectivity index (χ4v) is 2.04. The largest absolute Gasteiger partial charge is 0.398 e. The first kappa shape index (κ1) is 17.8. The molecule has 0 aliphatic carbocycles. The van der Waals surface area contributed by atoms with Crippen LogP contribution in [0.3, 0.4) is 0 Å². The minimum absolute atomic E-state index is 0.156. The van der Waals surface area contributed by atoms with Gasteiger partial charge in [-0.2, -0.15) is 5.26 Å². The smallest absolute Gasteiger partial charge is 0.292 e. The SMILES string of the molecule is N#C/C(=C/Nc1ccccc1[N+](=O)[O-])C(=O)Nc1ccc(N)c(Cl)c1. The van der Waals surface area contributed by atoms with Crippen molar-refractivity contribution in [3.8, 4) is 6.07 Å². The summed E-state index contributed by atoms with van der Waals surface area (Å²) in [6.07, 6.45) is 1.09. The van der Waals surface area contributed by atoms with E-state index in [0.717, 1.165) is 6.20 Å². The maximum absolute atomic E-state index is 12.1. The van der Waals surface area contributed by atoms with Crippen molar-refractivity contribution in [3.63, 3.8) is 0 Å². The molecule has 4 N–H and O–H groups in total. The topological polar surface area (TPSA) is 134 Å². The van der Waals surface area contributed by atoms with E-state index in [0.29, 0.717) is 11.4 Å². The van der Waals surface area contributed by atoms with Crippen molar-refractivity contribution in [1.82, 2.24) is 0 Å². The molecule has 0 bridgehead atoms. The number of nitrogens with two attached hydrogens (primary N) is 1. The summed E-state index contributed by atoms with van der Waals surface area (Å²) in [6, 6.07) is 12.1. The van der Waals surface area contributed by atoms with Crippen LogP contribution >= 0.6 is 11.6 Å². The Hall–Kier alpha value is -3.57. The number of halogens is 1. The highest BCUT2D eigenvalue weighted by Gasteiger charge is 2.13. The third-order valence-electron chi connectivity index (χ3n) is 3.10. The molecule has 25 heavy (non-hydrogen) atoms. The lowest BCUT2D eigenvalue weighted by Crippen LogP contribution is -2.14. The Bertz CT molecular complexity index is 905. The average Bonchev–Trinajstić information content (AvgIpc) is 2.59. The van der Waals surface area contributed by atoms with Crippen LogP contribution in [0, 0.1) is 21.4 Å². The first-order chi connectivity index (χ1) is 11.9. The van der Waals surface area contributed by atoms with Crippen LogP contribution in [0.5, 0.6) is 0 Å². The summed E-state index contributed by atoms with van der Waals surface area (Å²) in [5.74, 6) is -0.700. The fraction of sp³-hybridized carbons (Fsp3) is 0. The highest BCUT2D eigenvalue weighted by Crippen LogP contribution is 2.24. The van der Waals surface area contributed by atoms with Crippen molar-refractivity contribution < 1.29 is 9.72 Å². The van der Waals surface area contributed by atoms with Gasteiger partial charge in [-0.1, -0.05) is 23.7 Å². The Labute approximate surface area is 147 Å². The molecule has 0 radical (unpaired) electrons. The van der Waals surface area contributed by atoms with Gasteiger partial charge in [-0.15, -0.1) is 0 Å². The van der Waals surface area contributed by atoms with Gasteiger partial charge in [0.05, 0.1) is 15.6 Å². The van der Waals surface area contributed by atoms with Gasteiger partial charge < -0.3 is 16.4 Å². The maximum Gasteiger partial charge on any atom is 0.292 e. The van der Waals surface area contributed by atoms with Crippen LogP contribution in [0.4, 0.5) is 22.7 Å². The summed E-state index contributed by atoms with van der Waals surface area (Å²) in [4.78, 5) is 22.5. The average molecular weight is 358 g/mol. The van der Waals surface area contributed by atoms with Gasteiger partial charge in [0.2, 0.25) is 0 Å². The van der Waals surface area contributed by atoms with Crippen LogP contribution in [0.25, 0.3) is 0 Å². The van der Waals surface area contributed by atoms with E-state index in [1.165, 1.54) is 36.4 Å². The minimum Gasteiger partial charge on any atom is -0.398 e. The molecule has 1 amide bonds. The molecule has 0 aliphatic heterocycles. The number of carbonyl (C=O) groups is 1. The number of nitriles is 1. The molecule has 0 aliphatic rings. The molecule has 2 aromatic rings. The van der Waals surface area contributed by atoms with Crippen molar-refractivity contribution in [3.05, 3.63) is 69.4 Å². The standard InChI is InChI=1S/C16H12ClN5O3/c17-12-7-11(5-6-13(12)19)21-16(23)10(8-18)9-20-14-3-1-2-4-15(14)22(24)25/h1-7,9,20H,19H2,(H,21,23)/b10-9-. The molecule has 0 saturated heterocycles. The quantitative estimate of drug-likeness (QED) is 0.247. The number of nitrogens with zero attached hydrogens (tertiary/aromatic N) is 2. The second-order valence-corrected chi connectivity index (χ2v) is 5.19. The first-order valence-corrected chi connectivity index (χ1v) is 7.26. The lowest BCUT2D eigenvalue weighted by Gasteiger charge is -2.07. The summed E-state index contributed by atoms with van der Waals surface area (Å²) in [5, 5.41) is 25.4. The molecule has 0 unspecified atom stereocenters. The Morgan fingerprint density at radius 1 is 1.32 bits per heavy atom. The van der Waals surface area contributed by atoms with E-state index < -0.39 is 10.8 Å². The molecular formula is C16H12ClN5O3. The lowest BCUT2D eigenvalue weighted by atomic mass is 10.2. The predicted molar refractivity (Wildman–Crippen MR) is 94.9 cm³/mol. The molecule has 0 atom stereocenters. The van der Waals surface area contributed by atoms with E-state index in [1.54, 1.807) is 12.1 Å². The van der Waals surface area contributed by atoms with Crippen molar-refractivity contribution >= 4 is 40.3 Å². The predicted octanol–water partition coefficient (Wildman–Crippen LogP) is 3.29. The Kier molecular flexibility index (Phi) is 5.55. The van der Waals surface area contributed by atoms with Crippen molar-refractivity contribution in [1.29, 1.82) is 5.26 Å². The zero-order valence-electron chi connectivity index (χ0n) is 12.7. The van der Waals surface area contributed by atoms with Crippen LogP contribution in [0.1, 0.15) is 0 Å². The van der Waals surface area contributed by atoms with E-state index in [1.807, 2.05) is 0 Å². The molecule has 8 nitrogen and oxygen atoms in total. The number of anilines is 3. The van der Waals surface area contributed by atoms with E-state index >= 15 is 0 Å². The zero-order valence-corrected chi connectivity index (χ0v) is 13.4. The van der Waals surface area contributed by atoms with E-state index in [2.05, 4.69) is 10.6 Å². The summed E-state index contributed by atoms with van der Waals surface area (Å²) >= 11 is 5.87. The number of nitro benzene ring substituents is 1. The third-order valence-corrected chi connectivity index (χ3v) is 3.42. The maximum atomic E-state index is 12.1. The molecule has 2 rings (SSSR count). The second-order valence-electron chi connectivity index (χ2n) is 4.78. The Balaban J connectivity index is 2.17. The zero-order chi connectivity index (χ0) is 18.4. The van der Waals surface area contributed by atoms with Crippen LogP contribution in [0.2, 0.25) is 5.02 Å². The molecular weight excluding hydrogens is 346 g/mol. The summed E-state index contributed by atoms with van der Waals surface area (Å²) < 4.78 is 0. The molecule has 0 aromatic heterocycles. The van der Waals surface area contributed by atoms with Crippen molar-refractivity contribution in [2.24, 2.45) is 0 Å². The van der Waals surface area contributed by atoms with E-state index in [9.17, 15) is 14.9 Å². The van der Waals surface area contributed by atoms with E-state index in [4.69, 9.17) is 22.6 Å². The molecule has 126 valence electrons. The third kappa shape index (κ3) is 4.46. The summed E-state index contributed by atoms with van der Waals surface area (Å²) in [7, 11) is 0. The van der Waals surface area contributed by atoms with Crippen molar-refractivity contribution in [2.75, 3.05) is 16.4 Å². The number of para-hydroxylation sites is 2. The molecule has 9 heteroatoms. The van der Waals surface area contributed by atoms with Crippen LogP contribution < -0.4 is 16.4 Å². The highest BCUT2D eigenvalue weighted by atomic mass is 35.5. The number of hydrogen-bond donors (Lipinski definition) is 3. The number of amides is 1.